The number of nitrogens with one attached hydrogen (secondary N) is 1. The van der Waals surface area contributed by atoms with E-state index in [4.69, 9.17) is 18.6 Å². The number of carbonyl (C=O) groups excluding carboxylic acids is 1. The Morgan fingerprint density at radius 2 is 1.92 bits per heavy atom. The lowest BCUT2D eigenvalue weighted by Gasteiger charge is -2.20. The SMILES string of the molecule is COc1c(NC(C)=O)c(OCCN2CCCC2)c(OC)c2occc12. The molecule has 1 fully saturated rings. The van der Waals surface area contributed by atoms with Gasteiger partial charge in [-0.25, -0.2) is 0 Å². The molecule has 1 aromatic carbocycles. The summed E-state index contributed by atoms with van der Waals surface area (Å²) < 4.78 is 22.6. The standard InChI is InChI=1S/C18H24N2O5/c1-12(21)19-14-15(22-2)13-6-10-24-16(13)18(23-3)17(14)25-11-9-20-7-4-5-8-20/h6,10H,4-5,7-9,11H2,1-3H3,(H,19,21). The van der Waals surface area contributed by atoms with Crippen LogP contribution in [0.25, 0.3) is 11.0 Å². The van der Waals surface area contributed by atoms with Crippen LogP contribution in [0, 0.1) is 0 Å². The van der Waals surface area contributed by atoms with Crippen LogP contribution >= 0.6 is 0 Å². The van der Waals surface area contributed by atoms with Crippen LogP contribution in [-0.4, -0.2) is 51.3 Å². The van der Waals surface area contributed by atoms with E-state index < -0.39 is 0 Å². The maximum absolute atomic E-state index is 11.7. The molecule has 2 heterocycles. The van der Waals surface area contributed by atoms with Crippen molar-refractivity contribution in [3.05, 3.63) is 12.3 Å². The second-order valence-electron chi connectivity index (χ2n) is 6.01. The summed E-state index contributed by atoms with van der Waals surface area (Å²) in [7, 11) is 3.10. The van der Waals surface area contributed by atoms with Crippen LogP contribution in [0.2, 0.25) is 0 Å². The van der Waals surface area contributed by atoms with Crippen molar-refractivity contribution in [1.29, 1.82) is 0 Å². The topological polar surface area (TPSA) is 73.2 Å². The van der Waals surface area contributed by atoms with Gasteiger partial charge in [0, 0.05) is 13.5 Å². The summed E-state index contributed by atoms with van der Waals surface area (Å²) in [6.07, 6.45) is 4.01. The second-order valence-corrected chi connectivity index (χ2v) is 6.01. The lowest BCUT2D eigenvalue weighted by Crippen LogP contribution is -2.25. The largest absolute Gasteiger partial charge is 0.494 e. The van der Waals surface area contributed by atoms with Gasteiger partial charge in [0.2, 0.25) is 11.7 Å². The number of anilines is 1. The van der Waals surface area contributed by atoms with Gasteiger partial charge in [0.15, 0.2) is 17.1 Å². The molecular weight excluding hydrogens is 324 g/mol. The number of furan rings is 1. The van der Waals surface area contributed by atoms with E-state index in [1.807, 2.05) is 0 Å². The summed E-state index contributed by atoms with van der Waals surface area (Å²) >= 11 is 0. The molecule has 136 valence electrons. The Morgan fingerprint density at radius 1 is 1.20 bits per heavy atom. The quantitative estimate of drug-likeness (QED) is 0.829. The fraction of sp³-hybridized carbons (Fsp3) is 0.500. The van der Waals surface area contributed by atoms with Gasteiger partial charge in [-0.2, -0.15) is 0 Å². The minimum absolute atomic E-state index is 0.215. The van der Waals surface area contributed by atoms with Crippen molar-refractivity contribution in [3.63, 3.8) is 0 Å². The van der Waals surface area contributed by atoms with Gasteiger partial charge < -0.3 is 23.9 Å². The van der Waals surface area contributed by atoms with Crippen molar-refractivity contribution in [1.82, 2.24) is 4.90 Å². The van der Waals surface area contributed by atoms with E-state index in [0.717, 1.165) is 25.0 Å². The van der Waals surface area contributed by atoms with E-state index in [1.165, 1.54) is 19.8 Å². The van der Waals surface area contributed by atoms with E-state index >= 15 is 0 Å². The fourth-order valence-corrected chi connectivity index (χ4v) is 3.23. The predicted octanol–water partition coefficient (Wildman–Crippen LogP) is 2.88. The molecule has 0 spiro atoms. The third-order valence-corrected chi connectivity index (χ3v) is 4.34. The van der Waals surface area contributed by atoms with Crippen molar-refractivity contribution in [3.8, 4) is 17.2 Å². The van der Waals surface area contributed by atoms with E-state index in [9.17, 15) is 4.79 Å². The molecule has 7 nitrogen and oxygen atoms in total. The molecule has 0 unspecified atom stereocenters. The third kappa shape index (κ3) is 3.51. The maximum Gasteiger partial charge on any atom is 0.221 e. The van der Waals surface area contributed by atoms with Gasteiger partial charge in [0.05, 0.1) is 25.9 Å². The molecule has 0 atom stereocenters. The van der Waals surface area contributed by atoms with Crippen LogP contribution in [0.3, 0.4) is 0 Å². The van der Waals surface area contributed by atoms with E-state index in [0.29, 0.717) is 35.1 Å². The predicted molar refractivity (Wildman–Crippen MR) is 94.8 cm³/mol. The smallest absolute Gasteiger partial charge is 0.221 e. The highest BCUT2D eigenvalue weighted by Crippen LogP contribution is 2.49. The van der Waals surface area contributed by atoms with Crippen molar-refractivity contribution in [2.24, 2.45) is 0 Å². The molecule has 1 N–H and O–H groups in total. The molecule has 1 amide bonds. The first-order valence-electron chi connectivity index (χ1n) is 8.43. The molecule has 3 rings (SSSR count). The lowest BCUT2D eigenvalue weighted by molar-refractivity contribution is -0.114. The molecule has 1 aliphatic rings. The van der Waals surface area contributed by atoms with Gasteiger partial charge in [-0.3, -0.25) is 9.69 Å². The first kappa shape index (κ1) is 17.4. The minimum Gasteiger partial charge on any atom is -0.494 e. The van der Waals surface area contributed by atoms with Gasteiger partial charge >= 0.3 is 0 Å². The monoisotopic (exact) mass is 348 g/mol. The molecule has 25 heavy (non-hydrogen) atoms. The molecule has 0 radical (unpaired) electrons. The highest BCUT2D eigenvalue weighted by Gasteiger charge is 2.25. The van der Waals surface area contributed by atoms with Gasteiger partial charge in [-0.15, -0.1) is 0 Å². The highest BCUT2D eigenvalue weighted by atomic mass is 16.5. The van der Waals surface area contributed by atoms with Crippen LogP contribution in [0.1, 0.15) is 19.8 Å². The second kappa shape index (κ2) is 7.65. The Hall–Kier alpha value is -2.41. The molecule has 1 saturated heterocycles. The van der Waals surface area contributed by atoms with E-state index in [2.05, 4.69) is 10.2 Å². The number of methoxy groups -OCH3 is 2. The number of rotatable bonds is 7. The normalized spacial score (nSPS) is 14.7. The first-order valence-corrected chi connectivity index (χ1v) is 8.43. The summed E-state index contributed by atoms with van der Waals surface area (Å²) in [4.78, 5) is 14.1. The number of benzene rings is 1. The van der Waals surface area contributed by atoms with Crippen LogP contribution in [0.5, 0.6) is 17.2 Å². The zero-order valence-electron chi connectivity index (χ0n) is 14.9. The van der Waals surface area contributed by atoms with Crippen LogP contribution in [-0.2, 0) is 4.79 Å². The van der Waals surface area contributed by atoms with Crippen LogP contribution < -0.4 is 19.5 Å². The summed E-state index contributed by atoms with van der Waals surface area (Å²) in [6, 6.07) is 1.77. The van der Waals surface area contributed by atoms with Crippen LogP contribution in [0.4, 0.5) is 5.69 Å². The Kier molecular flexibility index (Phi) is 5.33. The zero-order valence-corrected chi connectivity index (χ0v) is 14.9. The lowest BCUT2D eigenvalue weighted by atomic mass is 10.1. The number of nitrogens with zero attached hydrogens (tertiary/aromatic N) is 1. The molecule has 0 bridgehead atoms. The number of ether oxygens (including phenoxy) is 3. The molecule has 0 aliphatic carbocycles. The average molecular weight is 348 g/mol. The van der Waals surface area contributed by atoms with Crippen LogP contribution in [0.15, 0.2) is 16.7 Å². The van der Waals surface area contributed by atoms with E-state index in [-0.39, 0.29) is 5.91 Å². The minimum atomic E-state index is -0.215. The summed E-state index contributed by atoms with van der Waals surface area (Å²) in [5.74, 6) is 1.16. The third-order valence-electron chi connectivity index (χ3n) is 4.34. The molecule has 1 aromatic heterocycles. The average Bonchev–Trinajstić information content (AvgIpc) is 3.26. The number of fused-ring (bicyclic) bond motifs is 1. The summed E-state index contributed by atoms with van der Waals surface area (Å²) in [5.41, 5.74) is 0.992. The summed E-state index contributed by atoms with van der Waals surface area (Å²) in [5, 5.41) is 3.52. The number of hydrogen-bond donors (Lipinski definition) is 1. The van der Waals surface area contributed by atoms with Crippen molar-refractivity contribution in [2.75, 3.05) is 45.8 Å². The number of carbonyl (C=O) groups is 1. The number of hydrogen-bond acceptors (Lipinski definition) is 6. The molecule has 2 aromatic rings. The van der Waals surface area contributed by atoms with E-state index in [1.54, 1.807) is 26.5 Å². The maximum atomic E-state index is 11.7. The van der Waals surface area contributed by atoms with Gasteiger partial charge in [-0.1, -0.05) is 0 Å². The zero-order chi connectivity index (χ0) is 17.8. The number of likely N-dealkylation sites (tertiary alicyclic amines) is 1. The molecule has 0 saturated carbocycles. The van der Waals surface area contributed by atoms with Crippen molar-refractivity contribution in [2.45, 2.75) is 19.8 Å². The molecule has 1 aliphatic heterocycles. The molecular formula is C18H24N2O5. The Morgan fingerprint density at radius 3 is 2.56 bits per heavy atom. The Balaban J connectivity index is 1.97. The summed E-state index contributed by atoms with van der Waals surface area (Å²) in [6.45, 7) is 4.94. The number of amides is 1. The first-order chi connectivity index (χ1) is 12.2. The van der Waals surface area contributed by atoms with Gasteiger partial charge in [0.25, 0.3) is 0 Å². The van der Waals surface area contributed by atoms with Gasteiger partial charge in [0.1, 0.15) is 12.3 Å². The fourth-order valence-electron chi connectivity index (χ4n) is 3.23. The van der Waals surface area contributed by atoms with Gasteiger partial charge in [-0.05, 0) is 32.0 Å². The van der Waals surface area contributed by atoms with Crippen molar-refractivity contribution >= 4 is 22.6 Å². The van der Waals surface area contributed by atoms with Crippen molar-refractivity contribution < 1.29 is 23.4 Å². The Bertz CT molecular complexity index is 749. The highest BCUT2D eigenvalue weighted by molar-refractivity contribution is 6.03. The molecule has 7 heteroatoms. The Labute approximate surface area is 146 Å².